The molecular weight excluding hydrogens is 701 g/mol. The Hall–Kier alpha value is -7.22. The van der Waals surface area contributed by atoms with E-state index in [9.17, 15) is 0 Å². The summed E-state index contributed by atoms with van der Waals surface area (Å²) in [7, 11) is 0. The molecule has 1 aromatic heterocycles. The van der Waals surface area contributed by atoms with Crippen LogP contribution < -0.4 is 0 Å². The van der Waals surface area contributed by atoms with E-state index in [4.69, 9.17) is 4.42 Å². The van der Waals surface area contributed by atoms with Gasteiger partial charge in [0.25, 0.3) is 0 Å². The molecule has 0 spiro atoms. The third kappa shape index (κ3) is 4.10. The molecule has 1 aliphatic rings. The molecule has 0 N–H and O–H groups in total. The van der Waals surface area contributed by atoms with Crippen LogP contribution in [0.5, 0.6) is 0 Å². The molecule has 12 aromatic rings. The van der Waals surface area contributed by atoms with Gasteiger partial charge in [-0.25, -0.2) is 0 Å². The second-order valence-electron chi connectivity index (χ2n) is 16.7. The first kappa shape index (κ1) is 31.9. The van der Waals surface area contributed by atoms with Crippen LogP contribution in [0, 0.1) is 0 Å². The van der Waals surface area contributed by atoms with Crippen molar-refractivity contribution in [1.82, 2.24) is 0 Å². The van der Waals surface area contributed by atoms with Crippen molar-refractivity contribution >= 4 is 86.6 Å². The van der Waals surface area contributed by atoms with Crippen LogP contribution in [0.3, 0.4) is 0 Å². The zero-order valence-electron chi connectivity index (χ0n) is 32.2. The maximum atomic E-state index is 6.47. The van der Waals surface area contributed by atoms with Gasteiger partial charge < -0.3 is 4.42 Å². The molecule has 1 aliphatic carbocycles. The number of furan rings is 1. The molecule has 0 aliphatic heterocycles. The standard InChI is InChI=1S/C57H36O/c1-57(2)55-44-25-13-7-19-38(44)46(32-48(55)54-39-20-8-5-17-36(39)37-18-6-14-26-45(37)56(54)57)52-42-23-11-9-21-40(42)51(41-22-10-12-24-43(41)52)34-28-29-49-47(31-34)53-35-16-4-3-15-33(35)27-30-50(53)58-49/h3-32H,1-2H3. The monoisotopic (exact) mass is 736 g/mol. The summed E-state index contributed by atoms with van der Waals surface area (Å²) < 4.78 is 6.47. The van der Waals surface area contributed by atoms with Gasteiger partial charge in [0.15, 0.2) is 0 Å². The van der Waals surface area contributed by atoms with Crippen LogP contribution in [-0.2, 0) is 5.41 Å². The van der Waals surface area contributed by atoms with Crippen molar-refractivity contribution in [3.63, 3.8) is 0 Å². The lowest BCUT2D eigenvalue weighted by Crippen LogP contribution is -2.16. The van der Waals surface area contributed by atoms with E-state index in [1.807, 2.05) is 0 Å². The third-order valence-corrected chi connectivity index (χ3v) is 13.3. The van der Waals surface area contributed by atoms with Gasteiger partial charge in [-0.1, -0.05) is 172 Å². The second kappa shape index (κ2) is 11.4. The first-order chi connectivity index (χ1) is 28.6. The van der Waals surface area contributed by atoms with Crippen molar-refractivity contribution in [2.45, 2.75) is 19.3 Å². The molecule has 0 radical (unpaired) electrons. The number of hydrogen-bond donors (Lipinski definition) is 0. The summed E-state index contributed by atoms with van der Waals surface area (Å²) in [5.41, 5.74) is 12.2. The SMILES string of the molecule is CC1(C)c2c(cc(-c3c4ccccc4c(-c4ccc5oc6ccc7ccccc7c6c5c4)c4ccccc34)c3ccccc23)-c2c1c1ccccc1c1ccccc21. The summed E-state index contributed by atoms with van der Waals surface area (Å²) in [6.45, 7) is 4.88. The van der Waals surface area contributed by atoms with Crippen molar-refractivity contribution in [3.8, 4) is 33.4 Å². The van der Waals surface area contributed by atoms with Gasteiger partial charge >= 0.3 is 0 Å². The van der Waals surface area contributed by atoms with E-state index in [1.54, 1.807) is 0 Å². The minimum Gasteiger partial charge on any atom is -0.456 e. The Bertz CT molecular complexity index is 3710. The van der Waals surface area contributed by atoms with Gasteiger partial charge in [0.05, 0.1) is 0 Å². The topological polar surface area (TPSA) is 13.1 Å². The van der Waals surface area contributed by atoms with E-state index >= 15 is 0 Å². The molecule has 0 fully saturated rings. The lowest BCUT2D eigenvalue weighted by molar-refractivity contribution is 0.669. The highest BCUT2D eigenvalue weighted by molar-refractivity contribution is 6.27. The minimum absolute atomic E-state index is 0.207. The highest BCUT2D eigenvalue weighted by atomic mass is 16.3. The molecule has 0 saturated carbocycles. The molecule has 11 aromatic carbocycles. The fraction of sp³-hybridized carbons (Fsp3) is 0.0526. The summed E-state index contributed by atoms with van der Waals surface area (Å²) in [5.74, 6) is 0. The molecule has 0 saturated heterocycles. The zero-order chi connectivity index (χ0) is 38.3. The van der Waals surface area contributed by atoms with Crippen LogP contribution in [0.4, 0.5) is 0 Å². The Labute approximate surface area is 335 Å². The molecule has 0 amide bonds. The number of benzene rings is 11. The Balaban J connectivity index is 1.15. The quantitative estimate of drug-likeness (QED) is 0.127. The largest absolute Gasteiger partial charge is 0.456 e. The van der Waals surface area contributed by atoms with Crippen LogP contribution in [0.15, 0.2) is 186 Å². The fourth-order valence-corrected chi connectivity index (χ4v) is 11.1. The Morgan fingerprint density at radius 1 is 0.328 bits per heavy atom. The molecule has 270 valence electrons. The van der Waals surface area contributed by atoms with Crippen molar-refractivity contribution in [2.75, 3.05) is 0 Å². The van der Waals surface area contributed by atoms with Gasteiger partial charge in [0.2, 0.25) is 0 Å². The summed E-state index contributed by atoms with van der Waals surface area (Å²) in [6.07, 6.45) is 0. The Morgan fingerprint density at radius 3 is 1.47 bits per heavy atom. The van der Waals surface area contributed by atoms with Crippen molar-refractivity contribution in [2.24, 2.45) is 0 Å². The van der Waals surface area contributed by atoms with E-state index < -0.39 is 0 Å². The molecule has 1 nitrogen and oxygen atoms in total. The highest BCUT2D eigenvalue weighted by Gasteiger charge is 2.40. The first-order valence-corrected chi connectivity index (χ1v) is 20.3. The van der Waals surface area contributed by atoms with Gasteiger partial charge in [-0.2, -0.15) is 0 Å². The normalized spacial score (nSPS) is 13.5. The van der Waals surface area contributed by atoms with Crippen molar-refractivity contribution in [3.05, 3.63) is 193 Å². The highest BCUT2D eigenvalue weighted by Crippen LogP contribution is 2.58. The van der Waals surface area contributed by atoms with Gasteiger partial charge in [-0.15, -0.1) is 0 Å². The van der Waals surface area contributed by atoms with Gasteiger partial charge in [0.1, 0.15) is 11.2 Å². The Morgan fingerprint density at radius 2 is 0.810 bits per heavy atom. The number of fused-ring (bicyclic) bond motifs is 17. The van der Waals surface area contributed by atoms with Crippen LogP contribution in [0.25, 0.3) is 120 Å². The smallest absolute Gasteiger partial charge is 0.136 e. The average molecular weight is 737 g/mol. The van der Waals surface area contributed by atoms with Crippen LogP contribution in [0.1, 0.15) is 25.0 Å². The lowest BCUT2D eigenvalue weighted by atomic mass is 9.77. The molecular formula is C57H36O. The molecule has 58 heavy (non-hydrogen) atoms. The number of hydrogen-bond acceptors (Lipinski definition) is 1. The summed E-state index contributed by atoms with van der Waals surface area (Å²) >= 11 is 0. The van der Waals surface area contributed by atoms with E-state index in [2.05, 4.69) is 196 Å². The third-order valence-electron chi connectivity index (χ3n) is 13.3. The minimum atomic E-state index is -0.207. The molecule has 0 atom stereocenters. The summed E-state index contributed by atoms with van der Waals surface area (Å²) in [6, 6.07) is 67.5. The second-order valence-corrected chi connectivity index (χ2v) is 16.7. The summed E-state index contributed by atoms with van der Waals surface area (Å²) in [4.78, 5) is 0. The predicted octanol–water partition coefficient (Wildman–Crippen LogP) is 16.1. The average Bonchev–Trinajstić information content (AvgIpc) is 3.77. The molecule has 1 heteroatoms. The Kier molecular flexibility index (Phi) is 6.29. The van der Waals surface area contributed by atoms with Crippen LogP contribution in [0.2, 0.25) is 0 Å². The van der Waals surface area contributed by atoms with Crippen LogP contribution >= 0.6 is 0 Å². The summed E-state index contributed by atoms with van der Waals surface area (Å²) in [5, 5.41) is 17.7. The van der Waals surface area contributed by atoms with Crippen LogP contribution in [-0.4, -0.2) is 0 Å². The predicted molar refractivity (Wildman–Crippen MR) is 247 cm³/mol. The number of rotatable bonds is 2. The van der Waals surface area contributed by atoms with Gasteiger partial charge in [-0.3, -0.25) is 0 Å². The first-order valence-electron chi connectivity index (χ1n) is 20.3. The van der Waals surface area contributed by atoms with E-state index in [1.165, 1.54) is 115 Å². The molecule has 0 unspecified atom stereocenters. The maximum absolute atomic E-state index is 6.47. The maximum Gasteiger partial charge on any atom is 0.136 e. The van der Waals surface area contributed by atoms with Gasteiger partial charge in [-0.05, 0) is 133 Å². The van der Waals surface area contributed by atoms with Gasteiger partial charge in [0, 0.05) is 16.2 Å². The fourth-order valence-electron chi connectivity index (χ4n) is 11.1. The van der Waals surface area contributed by atoms with E-state index in [0.717, 1.165) is 16.6 Å². The lowest BCUT2D eigenvalue weighted by Gasteiger charge is -2.26. The zero-order valence-corrected chi connectivity index (χ0v) is 32.2. The molecule has 13 rings (SSSR count). The molecule has 0 bridgehead atoms. The van der Waals surface area contributed by atoms with E-state index in [-0.39, 0.29) is 5.41 Å². The van der Waals surface area contributed by atoms with Crippen molar-refractivity contribution in [1.29, 1.82) is 0 Å². The van der Waals surface area contributed by atoms with Crippen molar-refractivity contribution < 1.29 is 4.42 Å². The van der Waals surface area contributed by atoms with E-state index in [0.29, 0.717) is 0 Å². The molecule has 1 heterocycles.